The van der Waals surface area contributed by atoms with Gasteiger partial charge in [-0.15, -0.1) is 0 Å². The molecular formula is C15H28N2O2. The number of hydrogen-bond donors (Lipinski definition) is 1. The number of rotatable bonds is 8. The van der Waals surface area contributed by atoms with Crippen LogP contribution in [0.1, 0.15) is 39.0 Å². The van der Waals surface area contributed by atoms with E-state index in [2.05, 4.69) is 12.2 Å². The summed E-state index contributed by atoms with van der Waals surface area (Å²) in [6.45, 7) is 6.24. The molecule has 1 atom stereocenters. The summed E-state index contributed by atoms with van der Waals surface area (Å²) in [6, 6.07) is 0. The Morgan fingerprint density at radius 3 is 2.84 bits per heavy atom. The van der Waals surface area contributed by atoms with Crippen LogP contribution in [0, 0.1) is 11.3 Å². The Morgan fingerprint density at radius 1 is 1.47 bits per heavy atom. The van der Waals surface area contributed by atoms with Crippen LogP contribution < -0.4 is 5.32 Å². The number of hydrogen-bond acceptors (Lipinski definition) is 3. The second kappa shape index (κ2) is 6.71. The molecule has 4 nitrogen and oxygen atoms in total. The van der Waals surface area contributed by atoms with Gasteiger partial charge in [-0.1, -0.05) is 13.3 Å². The van der Waals surface area contributed by atoms with E-state index in [-0.39, 0.29) is 5.41 Å². The molecular weight excluding hydrogens is 240 g/mol. The lowest BCUT2D eigenvalue weighted by atomic mass is 9.81. The number of carbonyl (C=O) groups excluding carboxylic acids is 1. The van der Waals surface area contributed by atoms with Gasteiger partial charge in [0, 0.05) is 26.7 Å². The number of ether oxygens (including phenoxy) is 1. The zero-order chi connectivity index (χ0) is 13.7. The first-order valence-electron chi connectivity index (χ1n) is 7.72. The minimum Gasteiger partial charge on any atom is -0.379 e. The van der Waals surface area contributed by atoms with E-state index in [0.29, 0.717) is 12.5 Å². The highest BCUT2D eigenvalue weighted by Crippen LogP contribution is 2.33. The van der Waals surface area contributed by atoms with Crippen molar-refractivity contribution in [1.29, 1.82) is 0 Å². The summed E-state index contributed by atoms with van der Waals surface area (Å²) in [6.07, 6.45) is 5.68. The van der Waals surface area contributed by atoms with Crippen LogP contribution in [0.3, 0.4) is 0 Å². The molecule has 2 fully saturated rings. The molecule has 1 unspecified atom stereocenters. The van der Waals surface area contributed by atoms with Gasteiger partial charge in [0.25, 0.3) is 0 Å². The summed E-state index contributed by atoms with van der Waals surface area (Å²) >= 11 is 0. The van der Waals surface area contributed by atoms with E-state index in [1.54, 1.807) is 0 Å². The largest absolute Gasteiger partial charge is 0.379 e. The summed E-state index contributed by atoms with van der Waals surface area (Å²) in [5.41, 5.74) is -0.153. The van der Waals surface area contributed by atoms with Crippen LogP contribution in [0.25, 0.3) is 0 Å². The number of nitrogens with one attached hydrogen (secondary N) is 1. The van der Waals surface area contributed by atoms with E-state index in [4.69, 9.17) is 4.74 Å². The van der Waals surface area contributed by atoms with E-state index in [1.807, 2.05) is 11.9 Å². The van der Waals surface area contributed by atoms with Crippen molar-refractivity contribution in [2.75, 3.05) is 39.9 Å². The normalized spacial score (nSPS) is 26.6. The van der Waals surface area contributed by atoms with Crippen LogP contribution in [0.5, 0.6) is 0 Å². The molecule has 1 heterocycles. The third-order valence-corrected chi connectivity index (χ3v) is 4.39. The van der Waals surface area contributed by atoms with Crippen LogP contribution >= 0.6 is 0 Å². The zero-order valence-electron chi connectivity index (χ0n) is 12.4. The summed E-state index contributed by atoms with van der Waals surface area (Å²) in [4.78, 5) is 14.5. The highest BCUT2D eigenvalue weighted by atomic mass is 16.5. The van der Waals surface area contributed by atoms with Crippen molar-refractivity contribution in [1.82, 2.24) is 10.2 Å². The Labute approximate surface area is 116 Å². The van der Waals surface area contributed by atoms with Crippen molar-refractivity contribution in [2.24, 2.45) is 11.3 Å². The monoisotopic (exact) mass is 268 g/mol. The number of amides is 1. The molecule has 0 radical (unpaired) electrons. The van der Waals surface area contributed by atoms with Gasteiger partial charge in [0.1, 0.15) is 0 Å². The lowest BCUT2D eigenvalue weighted by molar-refractivity contribution is -0.141. The number of carbonyl (C=O) groups is 1. The molecule has 4 heteroatoms. The van der Waals surface area contributed by atoms with Gasteiger partial charge in [-0.2, -0.15) is 0 Å². The second-order valence-corrected chi connectivity index (χ2v) is 6.20. The lowest BCUT2D eigenvalue weighted by Crippen LogP contribution is -2.44. The summed E-state index contributed by atoms with van der Waals surface area (Å²) in [5.74, 6) is 1.10. The molecule has 110 valence electrons. The maximum Gasteiger partial charge on any atom is 0.229 e. The van der Waals surface area contributed by atoms with E-state index in [9.17, 15) is 4.79 Å². The van der Waals surface area contributed by atoms with Crippen LogP contribution in [0.15, 0.2) is 0 Å². The first kappa shape index (κ1) is 14.8. The molecule has 1 saturated carbocycles. The highest BCUT2D eigenvalue weighted by Gasteiger charge is 2.41. The fourth-order valence-corrected chi connectivity index (χ4v) is 2.97. The maximum absolute atomic E-state index is 12.6. The van der Waals surface area contributed by atoms with Gasteiger partial charge in [0.05, 0.1) is 12.0 Å². The third kappa shape index (κ3) is 3.93. The van der Waals surface area contributed by atoms with Crippen LogP contribution in [0.2, 0.25) is 0 Å². The Bertz CT molecular complexity index is 297. The van der Waals surface area contributed by atoms with Gasteiger partial charge < -0.3 is 15.0 Å². The summed E-state index contributed by atoms with van der Waals surface area (Å²) < 4.78 is 5.62. The lowest BCUT2D eigenvalue weighted by Gasteiger charge is -2.31. The van der Waals surface area contributed by atoms with Crippen molar-refractivity contribution in [3.63, 3.8) is 0 Å². The van der Waals surface area contributed by atoms with E-state index in [0.717, 1.165) is 51.4 Å². The average molecular weight is 268 g/mol. The molecule has 0 aromatic heterocycles. The van der Waals surface area contributed by atoms with Gasteiger partial charge in [-0.05, 0) is 38.1 Å². The van der Waals surface area contributed by atoms with Crippen LogP contribution in [-0.2, 0) is 9.53 Å². The van der Waals surface area contributed by atoms with E-state index >= 15 is 0 Å². The SMILES string of the molecule is CCCC1(C(=O)N(C)CCOCC2CC2)CCNC1. The molecule has 0 spiro atoms. The fourth-order valence-electron chi connectivity index (χ4n) is 2.97. The standard InChI is InChI=1S/C15H28N2O2/c1-3-6-15(7-8-16-12-15)14(18)17(2)9-10-19-11-13-4-5-13/h13,16H,3-12H2,1-2H3. The molecule has 0 bridgehead atoms. The van der Waals surface area contributed by atoms with Crippen molar-refractivity contribution >= 4 is 5.91 Å². The molecule has 0 aromatic carbocycles. The van der Waals surface area contributed by atoms with Crippen LogP contribution in [0.4, 0.5) is 0 Å². The topological polar surface area (TPSA) is 41.6 Å². The van der Waals surface area contributed by atoms with Gasteiger partial charge in [-0.3, -0.25) is 4.79 Å². The maximum atomic E-state index is 12.6. The quantitative estimate of drug-likeness (QED) is 0.681. The van der Waals surface area contributed by atoms with Gasteiger partial charge in [-0.25, -0.2) is 0 Å². The Kier molecular flexibility index (Phi) is 5.22. The summed E-state index contributed by atoms with van der Waals surface area (Å²) in [7, 11) is 1.92. The fraction of sp³-hybridized carbons (Fsp3) is 0.933. The van der Waals surface area contributed by atoms with Crippen molar-refractivity contribution < 1.29 is 9.53 Å². The molecule has 1 aliphatic carbocycles. The first-order chi connectivity index (χ1) is 9.18. The molecule has 1 amide bonds. The van der Waals surface area contributed by atoms with Crippen molar-refractivity contribution in [3.8, 4) is 0 Å². The predicted molar refractivity (Wildman–Crippen MR) is 76.0 cm³/mol. The smallest absolute Gasteiger partial charge is 0.229 e. The first-order valence-corrected chi connectivity index (χ1v) is 7.72. The van der Waals surface area contributed by atoms with Crippen molar-refractivity contribution in [3.05, 3.63) is 0 Å². The number of nitrogens with zero attached hydrogens (tertiary/aromatic N) is 1. The highest BCUT2D eigenvalue weighted by molar-refractivity contribution is 5.83. The van der Waals surface area contributed by atoms with Gasteiger partial charge in [0.15, 0.2) is 0 Å². The minimum absolute atomic E-state index is 0.153. The number of likely N-dealkylation sites (N-methyl/N-ethyl adjacent to an activating group) is 1. The van der Waals surface area contributed by atoms with Gasteiger partial charge >= 0.3 is 0 Å². The molecule has 1 saturated heterocycles. The minimum atomic E-state index is -0.153. The Hall–Kier alpha value is -0.610. The average Bonchev–Trinajstić information content (AvgIpc) is 3.12. The van der Waals surface area contributed by atoms with Gasteiger partial charge in [0.2, 0.25) is 5.91 Å². The predicted octanol–water partition coefficient (Wildman–Crippen LogP) is 1.65. The third-order valence-electron chi connectivity index (χ3n) is 4.39. The molecule has 1 aliphatic heterocycles. The van der Waals surface area contributed by atoms with E-state index < -0.39 is 0 Å². The molecule has 19 heavy (non-hydrogen) atoms. The van der Waals surface area contributed by atoms with E-state index in [1.165, 1.54) is 12.8 Å². The molecule has 2 aliphatic rings. The molecule has 1 N–H and O–H groups in total. The Morgan fingerprint density at radius 2 is 2.26 bits per heavy atom. The second-order valence-electron chi connectivity index (χ2n) is 6.20. The zero-order valence-corrected chi connectivity index (χ0v) is 12.4. The molecule has 0 aromatic rings. The summed E-state index contributed by atoms with van der Waals surface area (Å²) in [5, 5.41) is 3.35. The Balaban J connectivity index is 1.75. The van der Waals surface area contributed by atoms with Crippen molar-refractivity contribution in [2.45, 2.75) is 39.0 Å². The molecule has 2 rings (SSSR count). The van der Waals surface area contributed by atoms with Crippen LogP contribution in [-0.4, -0.2) is 50.7 Å².